The molecule has 1 spiro atoms. The van der Waals surface area contributed by atoms with Crippen LogP contribution < -0.4 is 14.4 Å². The van der Waals surface area contributed by atoms with Crippen molar-refractivity contribution in [2.24, 2.45) is 0 Å². The molecule has 66 heavy (non-hydrogen) atoms. The van der Waals surface area contributed by atoms with Gasteiger partial charge in [0.05, 0.1) is 16.4 Å². The summed E-state index contributed by atoms with van der Waals surface area (Å²) in [4.78, 5) is 2.41. The molecule has 0 unspecified atom stereocenters. The summed E-state index contributed by atoms with van der Waals surface area (Å²) in [7, 11) is 0. The Bertz CT molecular complexity index is 3690. The van der Waals surface area contributed by atoms with Crippen molar-refractivity contribution in [1.82, 2.24) is 4.57 Å². The Labute approximate surface area is 382 Å². The minimum Gasteiger partial charge on any atom is -0.449 e. The van der Waals surface area contributed by atoms with Crippen LogP contribution in [-0.2, 0) is 12.0 Å². The summed E-state index contributed by atoms with van der Waals surface area (Å²) in [5, 5.41) is 2.46. The first-order chi connectivity index (χ1) is 32.7. The van der Waals surface area contributed by atoms with Crippen molar-refractivity contribution in [3.63, 3.8) is 0 Å². The summed E-state index contributed by atoms with van der Waals surface area (Å²) in [5.41, 5.74) is 18.5. The Morgan fingerprint density at radius 2 is 1.00 bits per heavy atom. The van der Waals surface area contributed by atoms with E-state index in [-0.39, 0.29) is 0 Å². The normalized spacial score (nSPS) is 13.3. The van der Waals surface area contributed by atoms with Gasteiger partial charge < -0.3 is 18.9 Å². The quantitative estimate of drug-likeness (QED) is 0.167. The molecule has 2 aliphatic carbocycles. The van der Waals surface area contributed by atoms with Crippen LogP contribution in [0.5, 0.6) is 23.0 Å². The summed E-state index contributed by atoms with van der Waals surface area (Å²) in [6, 6.07) is 83.1. The summed E-state index contributed by atoms with van der Waals surface area (Å²) in [6.45, 7) is 0.687. The van der Waals surface area contributed by atoms with Gasteiger partial charge in [0.25, 0.3) is 0 Å². The van der Waals surface area contributed by atoms with Gasteiger partial charge in [0, 0.05) is 45.5 Å². The van der Waals surface area contributed by atoms with Gasteiger partial charge in [-0.05, 0) is 111 Å². The highest BCUT2D eigenvalue weighted by Crippen LogP contribution is 2.66. The van der Waals surface area contributed by atoms with E-state index in [4.69, 9.17) is 9.47 Å². The van der Waals surface area contributed by atoms with Gasteiger partial charge in [-0.2, -0.15) is 0 Å². The minimum atomic E-state index is -0.465. The second kappa shape index (κ2) is 14.2. The first-order valence-corrected chi connectivity index (χ1v) is 22.7. The van der Waals surface area contributed by atoms with E-state index in [1.54, 1.807) is 0 Å². The van der Waals surface area contributed by atoms with Crippen molar-refractivity contribution in [3.05, 3.63) is 258 Å². The molecule has 14 rings (SSSR count). The third kappa shape index (κ3) is 5.21. The van der Waals surface area contributed by atoms with Gasteiger partial charge in [-0.15, -0.1) is 0 Å². The summed E-state index contributed by atoms with van der Waals surface area (Å²) in [5.74, 6) is 2.92. The molecule has 0 fully saturated rings. The third-order valence-corrected chi connectivity index (χ3v) is 14.1. The van der Waals surface area contributed by atoms with Gasteiger partial charge in [-0.1, -0.05) is 170 Å². The van der Waals surface area contributed by atoms with Gasteiger partial charge in [-0.25, -0.2) is 0 Å². The van der Waals surface area contributed by atoms with E-state index in [1.165, 1.54) is 66.3 Å². The standard InChI is InChI=1S/C62H40N2O2/c1-3-16-42(17-4-1)63(44-34-36-56-50(38-44)48-22-10-14-28-55(48)64(56)43-18-5-2-6-19-43)39-40-30-32-41(33-31-40)45-24-15-29-57-60(45)66-61-58(65-57)37-35-54-59(61)49-23-9-13-27-53(49)62(54)51-25-11-7-20-46(51)47-21-8-12-26-52(47)62/h1-38H,39H2. The van der Waals surface area contributed by atoms with Crippen LogP contribution in [0.3, 0.4) is 0 Å². The zero-order chi connectivity index (χ0) is 43.3. The Morgan fingerprint density at radius 3 is 1.76 bits per heavy atom. The molecule has 4 nitrogen and oxygen atoms in total. The van der Waals surface area contributed by atoms with E-state index in [1.807, 2.05) is 6.07 Å². The highest BCUT2D eigenvalue weighted by molar-refractivity contribution is 6.10. The fraction of sp³-hybridized carbons (Fsp3) is 0.0323. The lowest BCUT2D eigenvalue weighted by Gasteiger charge is -2.31. The smallest absolute Gasteiger partial charge is 0.178 e. The molecule has 310 valence electrons. The van der Waals surface area contributed by atoms with Crippen LogP contribution in [0.15, 0.2) is 231 Å². The molecular formula is C62H40N2O2. The van der Waals surface area contributed by atoms with Crippen LogP contribution >= 0.6 is 0 Å². The fourth-order valence-corrected chi connectivity index (χ4v) is 11.4. The molecule has 0 radical (unpaired) electrons. The molecule has 0 saturated carbocycles. The van der Waals surface area contributed by atoms with E-state index >= 15 is 0 Å². The molecule has 0 bridgehead atoms. The summed E-state index contributed by atoms with van der Waals surface area (Å²) >= 11 is 0. The van der Waals surface area contributed by atoms with Crippen molar-refractivity contribution in [1.29, 1.82) is 0 Å². The number of benzene rings is 10. The zero-order valence-corrected chi connectivity index (χ0v) is 35.9. The summed E-state index contributed by atoms with van der Waals surface area (Å²) < 4.78 is 16.4. The lowest BCUT2D eigenvalue weighted by Crippen LogP contribution is -2.25. The van der Waals surface area contributed by atoms with Gasteiger partial charge in [0.15, 0.2) is 23.0 Å². The average Bonchev–Trinajstić information content (AvgIpc) is 4.00. The van der Waals surface area contributed by atoms with Crippen LogP contribution in [0, 0.1) is 0 Å². The fourth-order valence-electron chi connectivity index (χ4n) is 11.4. The van der Waals surface area contributed by atoms with Crippen molar-refractivity contribution in [2.45, 2.75) is 12.0 Å². The maximum absolute atomic E-state index is 7.21. The lowest BCUT2D eigenvalue weighted by molar-refractivity contribution is 0.361. The third-order valence-electron chi connectivity index (χ3n) is 14.1. The predicted octanol–water partition coefficient (Wildman–Crippen LogP) is 16.0. The second-order valence-electron chi connectivity index (χ2n) is 17.5. The molecule has 0 saturated heterocycles. The first-order valence-electron chi connectivity index (χ1n) is 22.7. The molecule has 4 heteroatoms. The average molecular weight is 845 g/mol. The topological polar surface area (TPSA) is 26.6 Å². The number of hydrogen-bond donors (Lipinski definition) is 0. The number of hydrogen-bond acceptors (Lipinski definition) is 3. The minimum absolute atomic E-state index is 0.465. The highest BCUT2D eigenvalue weighted by Gasteiger charge is 2.53. The predicted molar refractivity (Wildman–Crippen MR) is 268 cm³/mol. The van der Waals surface area contributed by atoms with Crippen molar-refractivity contribution in [3.8, 4) is 62.1 Å². The molecular weight excluding hydrogens is 805 g/mol. The van der Waals surface area contributed by atoms with Crippen LogP contribution in [-0.4, -0.2) is 4.57 Å². The van der Waals surface area contributed by atoms with E-state index in [0.717, 1.165) is 51.0 Å². The van der Waals surface area contributed by atoms with Crippen LogP contribution in [0.1, 0.15) is 27.8 Å². The summed E-state index contributed by atoms with van der Waals surface area (Å²) in [6.07, 6.45) is 0. The molecule has 0 N–H and O–H groups in total. The Kier molecular flexibility index (Phi) is 7.93. The van der Waals surface area contributed by atoms with Crippen LogP contribution in [0.4, 0.5) is 11.4 Å². The largest absolute Gasteiger partial charge is 0.449 e. The molecule has 0 amide bonds. The number of fused-ring (bicyclic) bond motifs is 16. The number of nitrogens with zero attached hydrogens (tertiary/aromatic N) is 2. The monoisotopic (exact) mass is 844 g/mol. The van der Waals surface area contributed by atoms with E-state index in [9.17, 15) is 0 Å². The molecule has 1 aromatic heterocycles. The molecule has 10 aromatic carbocycles. The van der Waals surface area contributed by atoms with E-state index < -0.39 is 5.41 Å². The number of rotatable bonds is 6. The van der Waals surface area contributed by atoms with Gasteiger partial charge >= 0.3 is 0 Å². The number of para-hydroxylation sites is 4. The van der Waals surface area contributed by atoms with Crippen molar-refractivity contribution in [2.75, 3.05) is 4.90 Å². The Hall–Kier alpha value is -8.60. The number of ether oxygens (including phenoxy) is 2. The van der Waals surface area contributed by atoms with Crippen LogP contribution in [0.25, 0.3) is 60.9 Å². The van der Waals surface area contributed by atoms with Crippen molar-refractivity contribution >= 4 is 33.2 Å². The maximum atomic E-state index is 7.21. The number of anilines is 2. The van der Waals surface area contributed by atoms with Crippen LogP contribution in [0.2, 0.25) is 0 Å². The number of aromatic nitrogens is 1. The van der Waals surface area contributed by atoms with E-state index in [0.29, 0.717) is 12.3 Å². The molecule has 2 heterocycles. The molecule has 0 atom stereocenters. The van der Waals surface area contributed by atoms with Gasteiger partial charge in [0.1, 0.15) is 0 Å². The molecule has 1 aliphatic heterocycles. The van der Waals surface area contributed by atoms with Gasteiger partial charge in [0.2, 0.25) is 0 Å². The molecule has 3 aliphatic rings. The first kappa shape index (κ1) is 36.8. The van der Waals surface area contributed by atoms with E-state index in [2.05, 4.69) is 234 Å². The Morgan fingerprint density at radius 1 is 0.394 bits per heavy atom. The van der Waals surface area contributed by atoms with Gasteiger partial charge in [-0.3, -0.25) is 0 Å². The lowest BCUT2D eigenvalue weighted by atomic mass is 9.70. The maximum Gasteiger partial charge on any atom is 0.178 e. The highest BCUT2D eigenvalue weighted by atomic mass is 16.6. The second-order valence-corrected chi connectivity index (χ2v) is 17.5. The molecule has 11 aromatic rings. The SMILES string of the molecule is c1ccc(N(Cc2ccc(-c3cccc4c3Oc3c(ccc5c3-c3ccccc3C53c5ccccc5-c5ccccc53)O4)cc2)c2ccc3c(c2)c2ccccc2n3-c2ccccc2)cc1. The Balaban J connectivity index is 0.836. The zero-order valence-electron chi connectivity index (χ0n) is 35.9. The van der Waals surface area contributed by atoms with Crippen molar-refractivity contribution < 1.29 is 9.47 Å².